The lowest BCUT2D eigenvalue weighted by Crippen LogP contribution is -2.40. The summed E-state index contributed by atoms with van der Waals surface area (Å²) in [6.07, 6.45) is -1.43. The van der Waals surface area contributed by atoms with Gasteiger partial charge in [0.2, 0.25) is 0 Å². The van der Waals surface area contributed by atoms with Crippen LogP contribution in [0.2, 0.25) is 0 Å². The molecule has 1 aromatic heterocycles. The van der Waals surface area contributed by atoms with E-state index in [1.54, 1.807) is 6.07 Å². The quantitative estimate of drug-likeness (QED) is 0.465. The number of nitrogens with zero attached hydrogens (tertiary/aromatic N) is 3. The van der Waals surface area contributed by atoms with Crippen LogP contribution in [0.3, 0.4) is 0 Å². The van der Waals surface area contributed by atoms with E-state index < -0.39 is 11.7 Å². The number of anilines is 1. The van der Waals surface area contributed by atoms with Crippen molar-refractivity contribution in [3.63, 3.8) is 0 Å². The van der Waals surface area contributed by atoms with Crippen molar-refractivity contribution in [3.05, 3.63) is 65.9 Å². The van der Waals surface area contributed by atoms with E-state index in [0.29, 0.717) is 23.9 Å². The second kappa shape index (κ2) is 10.8. The number of halogens is 3. The number of alkyl halides is 3. The maximum absolute atomic E-state index is 13.2. The topological polar surface area (TPSA) is 32.7 Å². The van der Waals surface area contributed by atoms with E-state index in [9.17, 15) is 13.2 Å². The van der Waals surface area contributed by atoms with Gasteiger partial charge in [-0.3, -0.25) is 4.90 Å². The number of fused-ring (bicyclic) bond motifs is 1. The molecule has 182 valence electrons. The molecule has 0 unspecified atom stereocenters. The summed E-state index contributed by atoms with van der Waals surface area (Å²) in [5.74, 6) is 0. The third kappa shape index (κ3) is 6.08. The molecule has 0 spiro atoms. The van der Waals surface area contributed by atoms with Gasteiger partial charge in [-0.1, -0.05) is 24.3 Å². The van der Waals surface area contributed by atoms with Crippen molar-refractivity contribution in [2.24, 2.45) is 7.05 Å². The van der Waals surface area contributed by atoms with Crippen molar-refractivity contribution >= 4 is 33.9 Å². The summed E-state index contributed by atoms with van der Waals surface area (Å²) in [6.45, 7) is 5.49. The number of ether oxygens (including phenoxy) is 1. The highest BCUT2D eigenvalue weighted by molar-refractivity contribution is 7.80. The lowest BCUT2D eigenvalue weighted by Gasteiger charge is -2.29. The van der Waals surface area contributed by atoms with Crippen molar-refractivity contribution in [1.82, 2.24) is 14.4 Å². The molecule has 34 heavy (non-hydrogen) atoms. The average Bonchev–Trinajstić information content (AvgIpc) is 3.14. The molecule has 9 heteroatoms. The zero-order chi connectivity index (χ0) is 24.1. The fraction of sp³-hybridized carbons (Fsp3) is 0.400. The highest BCUT2D eigenvalue weighted by atomic mass is 32.1. The van der Waals surface area contributed by atoms with Crippen molar-refractivity contribution in [3.8, 4) is 0 Å². The summed E-state index contributed by atoms with van der Waals surface area (Å²) in [5, 5.41) is 4.59. The molecule has 0 bridgehead atoms. The summed E-state index contributed by atoms with van der Waals surface area (Å²) in [6, 6.07) is 13.3. The van der Waals surface area contributed by atoms with Gasteiger partial charge in [-0.05, 0) is 48.5 Å². The lowest BCUT2D eigenvalue weighted by atomic mass is 10.1. The molecule has 2 aromatic carbocycles. The highest BCUT2D eigenvalue weighted by Crippen LogP contribution is 2.31. The number of morpholine rings is 1. The first kappa shape index (κ1) is 24.5. The number of hydrogen-bond donors (Lipinski definition) is 1. The second-order valence-electron chi connectivity index (χ2n) is 8.52. The SMILES string of the molecule is Cn1cc(CN(CCCN2CCOCC2)C(=S)Nc2cccc(C(F)(F)F)c2)c2ccccc21. The first-order valence-electron chi connectivity index (χ1n) is 11.4. The Morgan fingerprint density at radius 2 is 1.88 bits per heavy atom. The Hall–Kier alpha value is -2.62. The number of aryl methyl sites for hydroxylation is 1. The van der Waals surface area contributed by atoms with Crippen LogP contribution in [-0.4, -0.2) is 58.9 Å². The Kier molecular flexibility index (Phi) is 7.75. The number of aromatic nitrogens is 1. The fourth-order valence-corrected chi connectivity index (χ4v) is 4.57. The number of rotatable bonds is 7. The Bertz CT molecular complexity index is 1120. The predicted octanol–water partition coefficient (Wildman–Crippen LogP) is 5.12. The van der Waals surface area contributed by atoms with Crippen molar-refractivity contribution < 1.29 is 17.9 Å². The molecule has 1 fully saturated rings. The van der Waals surface area contributed by atoms with E-state index in [4.69, 9.17) is 17.0 Å². The van der Waals surface area contributed by atoms with Crippen LogP contribution in [0.1, 0.15) is 17.5 Å². The minimum Gasteiger partial charge on any atom is -0.379 e. The normalized spacial score (nSPS) is 14.9. The van der Waals surface area contributed by atoms with Gasteiger partial charge in [0.05, 0.1) is 18.8 Å². The molecule has 1 aliphatic heterocycles. The van der Waals surface area contributed by atoms with E-state index >= 15 is 0 Å². The number of para-hydroxylation sites is 1. The third-order valence-electron chi connectivity index (χ3n) is 6.08. The van der Waals surface area contributed by atoms with Gasteiger partial charge in [0.1, 0.15) is 0 Å². The zero-order valence-electron chi connectivity index (χ0n) is 19.1. The second-order valence-corrected chi connectivity index (χ2v) is 8.91. The van der Waals surface area contributed by atoms with Crippen molar-refractivity contribution in [2.75, 3.05) is 44.7 Å². The van der Waals surface area contributed by atoms with E-state index in [1.165, 1.54) is 6.07 Å². The largest absolute Gasteiger partial charge is 0.416 e. The maximum Gasteiger partial charge on any atom is 0.416 e. The third-order valence-corrected chi connectivity index (χ3v) is 6.44. The molecule has 0 aliphatic carbocycles. The molecule has 4 rings (SSSR count). The van der Waals surface area contributed by atoms with E-state index in [-0.39, 0.29) is 0 Å². The van der Waals surface area contributed by atoms with Crippen LogP contribution in [0.5, 0.6) is 0 Å². The van der Waals surface area contributed by atoms with Crippen molar-refractivity contribution in [2.45, 2.75) is 19.1 Å². The Morgan fingerprint density at radius 3 is 2.65 bits per heavy atom. The van der Waals surface area contributed by atoms with Gasteiger partial charge in [0, 0.05) is 62.6 Å². The van der Waals surface area contributed by atoms with Gasteiger partial charge in [-0.25, -0.2) is 0 Å². The summed E-state index contributed by atoms with van der Waals surface area (Å²) in [7, 11) is 2.01. The first-order chi connectivity index (χ1) is 16.3. The Balaban J connectivity index is 1.50. The number of hydrogen-bond acceptors (Lipinski definition) is 3. The highest BCUT2D eigenvalue weighted by Gasteiger charge is 2.30. The van der Waals surface area contributed by atoms with Crippen LogP contribution in [-0.2, 0) is 24.5 Å². The average molecular weight is 491 g/mol. The van der Waals surface area contributed by atoms with Crippen LogP contribution in [0, 0.1) is 0 Å². The van der Waals surface area contributed by atoms with Crippen LogP contribution >= 0.6 is 12.2 Å². The molecule has 1 N–H and O–H groups in total. The summed E-state index contributed by atoms with van der Waals surface area (Å²) in [4.78, 5) is 4.40. The summed E-state index contributed by atoms with van der Waals surface area (Å²) < 4.78 is 47.0. The molecule has 0 atom stereocenters. The van der Waals surface area contributed by atoms with Crippen LogP contribution in [0.15, 0.2) is 54.7 Å². The van der Waals surface area contributed by atoms with Gasteiger partial charge in [0.15, 0.2) is 5.11 Å². The van der Waals surface area contributed by atoms with Crippen LogP contribution < -0.4 is 5.32 Å². The number of thiocarbonyl (C=S) groups is 1. The van der Waals surface area contributed by atoms with E-state index in [2.05, 4.69) is 33.1 Å². The molecule has 0 amide bonds. The molecule has 5 nitrogen and oxygen atoms in total. The maximum atomic E-state index is 13.2. The molecular formula is C25H29F3N4OS. The van der Waals surface area contributed by atoms with Gasteiger partial charge in [-0.2, -0.15) is 13.2 Å². The minimum atomic E-state index is -4.40. The molecule has 0 radical (unpaired) electrons. The standard InChI is InChI=1S/C25H29F3N4OS/c1-30-17-19(22-8-2-3-9-23(22)30)18-32(11-5-10-31-12-14-33-15-13-31)24(34)29-21-7-4-6-20(16-21)25(26,27)28/h2-4,6-9,16-17H,5,10-15,18H2,1H3,(H,29,34). The van der Waals surface area contributed by atoms with E-state index in [1.807, 2.05) is 24.1 Å². The number of benzene rings is 2. The minimum absolute atomic E-state index is 0.330. The summed E-state index contributed by atoms with van der Waals surface area (Å²) >= 11 is 5.69. The molecule has 1 aliphatic rings. The van der Waals surface area contributed by atoms with E-state index in [0.717, 1.165) is 67.9 Å². The predicted molar refractivity (Wildman–Crippen MR) is 133 cm³/mol. The smallest absolute Gasteiger partial charge is 0.379 e. The van der Waals surface area contributed by atoms with Gasteiger partial charge in [-0.15, -0.1) is 0 Å². The molecule has 1 saturated heterocycles. The Labute approximate surface area is 203 Å². The Morgan fingerprint density at radius 1 is 1.12 bits per heavy atom. The lowest BCUT2D eigenvalue weighted by molar-refractivity contribution is -0.137. The molecule has 3 aromatic rings. The van der Waals surface area contributed by atoms with Gasteiger partial charge >= 0.3 is 6.18 Å². The number of nitrogens with one attached hydrogen (secondary N) is 1. The molecule has 2 heterocycles. The molecule has 0 saturated carbocycles. The first-order valence-corrected chi connectivity index (χ1v) is 11.8. The molecular weight excluding hydrogens is 461 g/mol. The monoisotopic (exact) mass is 490 g/mol. The van der Waals surface area contributed by atoms with Crippen LogP contribution in [0.4, 0.5) is 18.9 Å². The van der Waals surface area contributed by atoms with Gasteiger partial charge in [0.25, 0.3) is 0 Å². The van der Waals surface area contributed by atoms with Crippen molar-refractivity contribution in [1.29, 1.82) is 0 Å². The summed E-state index contributed by atoms with van der Waals surface area (Å²) in [5.41, 5.74) is 1.88. The van der Waals surface area contributed by atoms with Crippen LogP contribution in [0.25, 0.3) is 10.9 Å². The zero-order valence-corrected chi connectivity index (χ0v) is 20.0. The van der Waals surface area contributed by atoms with Gasteiger partial charge < -0.3 is 19.5 Å². The fourth-order valence-electron chi connectivity index (χ4n) is 4.30.